The quantitative estimate of drug-likeness (QED) is 0.389. The molecule has 1 unspecified atom stereocenters. The van der Waals surface area contributed by atoms with E-state index in [1.165, 1.54) is 16.8 Å². The first kappa shape index (κ1) is 25.5. The van der Waals surface area contributed by atoms with Gasteiger partial charge in [-0.05, 0) is 0 Å². The Bertz CT molecular complexity index is 71.8. The second-order valence-corrected chi connectivity index (χ2v) is 9.40. The third kappa shape index (κ3) is 24.1. The molecule has 16 heavy (non-hydrogen) atoms. The topological polar surface area (TPSA) is 0 Å². The van der Waals surface area contributed by atoms with E-state index < -0.39 is 0 Å². The van der Waals surface area contributed by atoms with Gasteiger partial charge in [0.1, 0.15) is 0 Å². The van der Waals surface area contributed by atoms with Crippen LogP contribution in [-0.2, 0) is 0 Å². The second-order valence-electron chi connectivity index (χ2n) is 2.48. The molecule has 1 atom stereocenters. The summed E-state index contributed by atoms with van der Waals surface area (Å²) in [5, 5.41) is 0. The van der Waals surface area contributed by atoms with E-state index in [2.05, 4.69) is 13.8 Å². The van der Waals surface area contributed by atoms with Crippen LogP contribution < -0.4 is 0 Å². The van der Waals surface area contributed by atoms with E-state index in [1.54, 1.807) is 8.86 Å². The van der Waals surface area contributed by atoms with Crippen molar-refractivity contribution in [1.82, 2.24) is 0 Å². The minimum atomic E-state index is -0.180. The van der Waals surface area contributed by atoms with Gasteiger partial charge in [-0.15, -0.1) is 0 Å². The Morgan fingerprint density at radius 2 is 1.19 bits per heavy atom. The summed E-state index contributed by atoms with van der Waals surface area (Å²) >= 11 is -0.180. The van der Waals surface area contributed by atoms with Crippen LogP contribution in [0.2, 0.25) is 0 Å². The summed E-state index contributed by atoms with van der Waals surface area (Å²) in [5.74, 6) is 0. The van der Waals surface area contributed by atoms with Crippen molar-refractivity contribution in [2.75, 3.05) is 8.86 Å². The molecule has 1 saturated heterocycles. The van der Waals surface area contributed by atoms with Crippen LogP contribution >= 0.6 is 19.8 Å². The van der Waals surface area contributed by atoms with Crippen molar-refractivity contribution in [3.05, 3.63) is 0 Å². The molecule has 1 heterocycles. The van der Waals surface area contributed by atoms with Crippen molar-refractivity contribution in [3.63, 3.8) is 0 Å². The van der Waals surface area contributed by atoms with Gasteiger partial charge in [0.15, 0.2) is 0 Å². The van der Waals surface area contributed by atoms with Gasteiger partial charge in [-0.2, -0.15) is 0 Å². The average molecular weight is 346 g/mol. The standard InChI is InChI=1S/C7H15I.4C2H6/c1-3-4-5-8-6-7(8)2;4*1-2/h7H,3-6H2,1-2H3;4*1-2H3. The summed E-state index contributed by atoms with van der Waals surface area (Å²) in [4.78, 5) is 0. The van der Waals surface area contributed by atoms with Crippen molar-refractivity contribution in [2.24, 2.45) is 0 Å². The summed E-state index contributed by atoms with van der Waals surface area (Å²) in [6.07, 6.45) is 2.94. The summed E-state index contributed by atoms with van der Waals surface area (Å²) in [6, 6.07) is 0. The minimum absolute atomic E-state index is 0.180. The van der Waals surface area contributed by atoms with Gasteiger partial charge >= 0.3 is 59.3 Å². The van der Waals surface area contributed by atoms with Crippen molar-refractivity contribution in [1.29, 1.82) is 0 Å². The number of hydrogen-bond acceptors (Lipinski definition) is 0. The number of alkyl halides is 3. The summed E-state index contributed by atoms with van der Waals surface area (Å²) in [7, 11) is 0. The Kier molecular flexibility index (Phi) is 47.3. The molecule has 0 N–H and O–H groups in total. The second kappa shape index (κ2) is 29.6. The molecule has 0 saturated carbocycles. The van der Waals surface area contributed by atoms with Gasteiger partial charge in [-0.3, -0.25) is 0 Å². The molecule has 0 spiro atoms. The third-order valence-corrected chi connectivity index (χ3v) is 8.48. The van der Waals surface area contributed by atoms with Crippen LogP contribution in [0.25, 0.3) is 0 Å². The molecule has 1 rings (SSSR count). The molecule has 0 radical (unpaired) electrons. The zero-order valence-electron chi connectivity index (χ0n) is 13.8. The average Bonchev–Trinajstić information content (AvgIpc) is 3.12. The normalized spacial score (nSPS) is 16.9. The summed E-state index contributed by atoms with van der Waals surface area (Å²) in [5.41, 5.74) is 0. The van der Waals surface area contributed by atoms with Crippen LogP contribution in [0.3, 0.4) is 0 Å². The van der Waals surface area contributed by atoms with Gasteiger partial charge in [0.05, 0.1) is 0 Å². The molecule has 106 valence electrons. The predicted octanol–water partition coefficient (Wildman–Crippen LogP) is 6.80. The van der Waals surface area contributed by atoms with Crippen LogP contribution in [0.1, 0.15) is 82.1 Å². The van der Waals surface area contributed by atoms with E-state index in [4.69, 9.17) is 0 Å². The fourth-order valence-corrected chi connectivity index (χ4v) is 7.00. The number of unbranched alkanes of at least 4 members (excludes halogenated alkanes) is 1. The molecule has 0 aromatic rings. The molecule has 1 aliphatic rings. The first-order valence-electron chi connectivity index (χ1n) is 7.45. The third-order valence-electron chi connectivity index (χ3n) is 1.57. The van der Waals surface area contributed by atoms with E-state index in [1.807, 2.05) is 55.4 Å². The van der Waals surface area contributed by atoms with E-state index in [0.29, 0.717) is 0 Å². The van der Waals surface area contributed by atoms with Gasteiger partial charge in [0.25, 0.3) is 0 Å². The molecule has 0 aromatic heterocycles. The molecule has 1 aliphatic heterocycles. The molecule has 0 aromatic carbocycles. The molecular weight excluding hydrogens is 307 g/mol. The SMILES string of the molecule is CC.CC.CC.CC.CCCCI1CC1C. The van der Waals surface area contributed by atoms with Crippen LogP contribution in [-0.4, -0.2) is 12.8 Å². The molecular formula is C15H39I. The van der Waals surface area contributed by atoms with Crippen molar-refractivity contribution in [2.45, 2.75) is 86.0 Å². The summed E-state index contributed by atoms with van der Waals surface area (Å²) in [6.45, 7) is 20.7. The van der Waals surface area contributed by atoms with Crippen LogP contribution in [0.5, 0.6) is 0 Å². The molecule has 1 heteroatoms. The summed E-state index contributed by atoms with van der Waals surface area (Å²) < 4.78 is 4.55. The maximum absolute atomic E-state index is 2.43. The molecule has 0 bridgehead atoms. The Morgan fingerprint density at radius 1 is 0.875 bits per heavy atom. The van der Waals surface area contributed by atoms with Crippen LogP contribution in [0, 0.1) is 0 Å². The Hall–Kier alpha value is 0.730. The molecule has 0 amide bonds. The van der Waals surface area contributed by atoms with Gasteiger partial charge in [-0.25, -0.2) is 0 Å². The predicted molar refractivity (Wildman–Crippen MR) is 93.5 cm³/mol. The van der Waals surface area contributed by atoms with Gasteiger partial charge in [-0.1, -0.05) is 55.4 Å². The number of halogens is 1. The van der Waals surface area contributed by atoms with E-state index in [0.717, 1.165) is 0 Å². The monoisotopic (exact) mass is 346 g/mol. The van der Waals surface area contributed by atoms with E-state index in [-0.39, 0.29) is 19.8 Å². The zero-order valence-corrected chi connectivity index (χ0v) is 15.9. The fraction of sp³-hybridized carbons (Fsp3) is 1.00. The molecule has 1 fully saturated rings. The van der Waals surface area contributed by atoms with Crippen LogP contribution in [0.4, 0.5) is 0 Å². The Balaban J connectivity index is -0.0000000771. The first-order chi connectivity index (χ1) is 7.84. The molecule has 0 nitrogen and oxygen atoms in total. The van der Waals surface area contributed by atoms with Crippen molar-refractivity contribution >= 4 is 19.8 Å². The fourth-order valence-electron chi connectivity index (χ4n) is 0.808. The zero-order chi connectivity index (χ0) is 14.0. The first-order valence-corrected chi connectivity index (χ1v) is 11.7. The Labute approximate surface area is 114 Å². The molecule has 0 aliphatic carbocycles. The maximum atomic E-state index is 2.43. The van der Waals surface area contributed by atoms with Gasteiger partial charge in [0.2, 0.25) is 0 Å². The van der Waals surface area contributed by atoms with Crippen LogP contribution in [0.15, 0.2) is 0 Å². The van der Waals surface area contributed by atoms with Gasteiger partial charge < -0.3 is 0 Å². The van der Waals surface area contributed by atoms with E-state index in [9.17, 15) is 0 Å². The van der Waals surface area contributed by atoms with Crippen molar-refractivity contribution < 1.29 is 0 Å². The van der Waals surface area contributed by atoms with Crippen molar-refractivity contribution in [3.8, 4) is 0 Å². The van der Waals surface area contributed by atoms with Gasteiger partial charge in [0, 0.05) is 0 Å². The van der Waals surface area contributed by atoms with E-state index >= 15 is 0 Å². The number of rotatable bonds is 3. The Morgan fingerprint density at radius 3 is 1.38 bits per heavy atom. The number of hydrogen-bond donors (Lipinski definition) is 0.